The molecule has 1 aliphatic heterocycles. The predicted octanol–water partition coefficient (Wildman–Crippen LogP) is 3.03. The molecule has 0 unspecified atom stereocenters. The molecule has 0 amide bonds. The van der Waals surface area contributed by atoms with Crippen LogP contribution in [0.2, 0.25) is 0 Å². The van der Waals surface area contributed by atoms with Crippen LogP contribution in [-0.4, -0.2) is 37.5 Å². The van der Waals surface area contributed by atoms with Gasteiger partial charge in [0.25, 0.3) is 0 Å². The zero-order valence-electron chi connectivity index (χ0n) is 14.8. The van der Waals surface area contributed by atoms with Crippen LogP contribution in [0.25, 0.3) is 27.8 Å². The van der Waals surface area contributed by atoms with Gasteiger partial charge >= 0.3 is 0 Å². The van der Waals surface area contributed by atoms with Crippen LogP contribution in [0.15, 0.2) is 30.6 Å². The molecule has 1 aromatic carbocycles. The number of piperidine rings is 1. The molecule has 8 heteroatoms. The van der Waals surface area contributed by atoms with E-state index in [1.54, 1.807) is 23.7 Å². The number of rotatable bonds is 2. The number of hydrogen-bond acceptors (Lipinski definition) is 4. The molecule has 4 aromatic rings. The first-order chi connectivity index (χ1) is 13.1. The molecule has 27 heavy (non-hydrogen) atoms. The summed E-state index contributed by atoms with van der Waals surface area (Å²) in [5.74, 6) is -0.563. The lowest BCUT2D eigenvalue weighted by molar-refractivity contribution is 0.454. The number of benzene rings is 1. The van der Waals surface area contributed by atoms with Crippen molar-refractivity contribution in [1.29, 1.82) is 0 Å². The Bertz CT molecular complexity index is 1160. The highest BCUT2D eigenvalue weighted by atomic mass is 19.1. The Labute approximate surface area is 153 Å². The number of nitrogens with zero attached hydrogens (tertiary/aromatic N) is 5. The number of halogens is 2. The fourth-order valence-corrected chi connectivity index (χ4v) is 3.80. The predicted molar refractivity (Wildman–Crippen MR) is 97.5 cm³/mol. The maximum Gasteiger partial charge on any atom is 0.173 e. The molecule has 0 bridgehead atoms. The van der Waals surface area contributed by atoms with E-state index in [0.29, 0.717) is 28.2 Å². The van der Waals surface area contributed by atoms with Gasteiger partial charge in [-0.15, -0.1) is 0 Å². The summed E-state index contributed by atoms with van der Waals surface area (Å²) in [7, 11) is 1.64. The van der Waals surface area contributed by atoms with Crippen LogP contribution in [0.4, 0.5) is 8.78 Å². The minimum absolute atomic E-state index is 0.207. The quantitative estimate of drug-likeness (QED) is 0.591. The molecule has 5 rings (SSSR count). The first-order valence-corrected chi connectivity index (χ1v) is 8.98. The van der Waals surface area contributed by atoms with Crippen LogP contribution in [0, 0.1) is 11.6 Å². The maximum atomic E-state index is 14.7. The fourth-order valence-electron chi connectivity index (χ4n) is 3.80. The standard InChI is InChI=1S/C19H18F2N6/c1-26-24-16-8-12(6-14(20)18(16)25-26)13-7-15(21)19-23-17(10-27(19)9-13)11-2-4-22-5-3-11/h6-11,22H,2-5H2,1H3. The van der Waals surface area contributed by atoms with E-state index in [1.165, 1.54) is 16.9 Å². The van der Waals surface area contributed by atoms with Gasteiger partial charge in [0.2, 0.25) is 0 Å². The Balaban J connectivity index is 1.61. The minimum Gasteiger partial charge on any atom is -0.317 e. The molecule has 4 heterocycles. The summed E-state index contributed by atoms with van der Waals surface area (Å²) >= 11 is 0. The van der Waals surface area contributed by atoms with E-state index in [4.69, 9.17) is 0 Å². The van der Waals surface area contributed by atoms with Gasteiger partial charge in [0.1, 0.15) is 11.0 Å². The van der Waals surface area contributed by atoms with Crippen LogP contribution < -0.4 is 5.32 Å². The molecule has 6 nitrogen and oxygen atoms in total. The molecule has 0 atom stereocenters. The third-order valence-corrected chi connectivity index (χ3v) is 5.16. The number of aromatic nitrogens is 5. The topological polar surface area (TPSA) is 60.0 Å². The molecule has 3 aromatic heterocycles. The van der Waals surface area contributed by atoms with Gasteiger partial charge in [-0.2, -0.15) is 15.0 Å². The lowest BCUT2D eigenvalue weighted by atomic mass is 9.95. The van der Waals surface area contributed by atoms with E-state index in [1.807, 2.05) is 6.20 Å². The summed E-state index contributed by atoms with van der Waals surface area (Å²) in [6.45, 7) is 1.90. The van der Waals surface area contributed by atoms with Crippen molar-refractivity contribution in [2.45, 2.75) is 18.8 Å². The van der Waals surface area contributed by atoms with Crippen LogP contribution in [0.3, 0.4) is 0 Å². The van der Waals surface area contributed by atoms with E-state index in [0.717, 1.165) is 31.6 Å². The number of hydrogen-bond donors (Lipinski definition) is 1. The highest BCUT2D eigenvalue weighted by molar-refractivity contribution is 5.81. The van der Waals surface area contributed by atoms with Crippen molar-refractivity contribution in [2.75, 3.05) is 13.1 Å². The van der Waals surface area contributed by atoms with E-state index >= 15 is 0 Å². The molecule has 0 radical (unpaired) electrons. The number of pyridine rings is 1. The molecule has 1 N–H and O–H groups in total. The Morgan fingerprint density at radius 3 is 2.59 bits per heavy atom. The highest BCUT2D eigenvalue weighted by Crippen LogP contribution is 2.29. The maximum absolute atomic E-state index is 14.7. The summed E-state index contributed by atoms with van der Waals surface area (Å²) in [6.07, 6.45) is 5.65. The summed E-state index contributed by atoms with van der Waals surface area (Å²) < 4.78 is 30.8. The number of imidazole rings is 1. The van der Waals surface area contributed by atoms with Gasteiger partial charge in [-0.1, -0.05) is 0 Å². The van der Waals surface area contributed by atoms with Crippen LogP contribution >= 0.6 is 0 Å². The third kappa shape index (κ3) is 2.76. The van der Waals surface area contributed by atoms with Gasteiger partial charge < -0.3 is 9.72 Å². The van der Waals surface area contributed by atoms with Gasteiger partial charge in [0.15, 0.2) is 17.3 Å². The Morgan fingerprint density at radius 1 is 1.00 bits per heavy atom. The fraction of sp³-hybridized carbons (Fsp3) is 0.316. The number of fused-ring (bicyclic) bond motifs is 2. The second kappa shape index (κ2) is 6.09. The number of aryl methyl sites for hydroxylation is 1. The van der Waals surface area contributed by atoms with E-state index in [2.05, 4.69) is 20.5 Å². The number of nitrogens with one attached hydrogen (secondary N) is 1. The van der Waals surface area contributed by atoms with Crippen molar-refractivity contribution in [3.8, 4) is 11.1 Å². The second-order valence-electron chi connectivity index (χ2n) is 7.01. The lowest BCUT2D eigenvalue weighted by Crippen LogP contribution is -2.26. The van der Waals surface area contributed by atoms with E-state index in [9.17, 15) is 8.78 Å². The van der Waals surface area contributed by atoms with Crippen molar-refractivity contribution >= 4 is 16.7 Å². The average Bonchev–Trinajstić information content (AvgIpc) is 3.26. The average molecular weight is 368 g/mol. The van der Waals surface area contributed by atoms with E-state index < -0.39 is 11.6 Å². The summed E-state index contributed by atoms with van der Waals surface area (Å²) in [4.78, 5) is 5.82. The molecule has 1 saturated heterocycles. The molecule has 138 valence electrons. The Morgan fingerprint density at radius 2 is 1.78 bits per heavy atom. The minimum atomic E-state index is -0.475. The zero-order chi connectivity index (χ0) is 18.5. The molecule has 1 aliphatic rings. The molecule has 0 spiro atoms. The summed E-state index contributed by atoms with van der Waals surface area (Å²) in [6, 6.07) is 4.48. The molecule has 0 aliphatic carbocycles. The van der Waals surface area contributed by atoms with E-state index in [-0.39, 0.29) is 5.52 Å². The monoisotopic (exact) mass is 368 g/mol. The molecule has 1 fully saturated rings. The van der Waals surface area contributed by atoms with Crippen LogP contribution in [0.1, 0.15) is 24.5 Å². The summed E-state index contributed by atoms with van der Waals surface area (Å²) in [5, 5.41) is 11.5. The van der Waals surface area contributed by atoms with Gasteiger partial charge in [-0.3, -0.25) is 0 Å². The highest BCUT2D eigenvalue weighted by Gasteiger charge is 2.20. The molecular formula is C19H18F2N6. The van der Waals surface area contributed by atoms with Crippen molar-refractivity contribution in [3.63, 3.8) is 0 Å². The largest absolute Gasteiger partial charge is 0.317 e. The van der Waals surface area contributed by atoms with Crippen LogP contribution in [-0.2, 0) is 7.05 Å². The van der Waals surface area contributed by atoms with Crippen molar-refractivity contribution < 1.29 is 8.78 Å². The molecular weight excluding hydrogens is 350 g/mol. The van der Waals surface area contributed by atoms with Crippen molar-refractivity contribution in [2.24, 2.45) is 7.05 Å². The Hall–Kier alpha value is -2.87. The van der Waals surface area contributed by atoms with Crippen molar-refractivity contribution in [1.82, 2.24) is 29.7 Å². The van der Waals surface area contributed by atoms with Gasteiger partial charge in [-0.05, 0) is 49.7 Å². The summed E-state index contributed by atoms with van der Waals surface area (Å²) in [5.41, 5.74) is 2.98. The lowest BCUT2D eigenvalue weighted by Gasteiger charge is -2.20. The normalized spacial score (nSPS) is 15.8. The zero-order valence-corrected chi connectivity index (χ0v) is 14.8. The Kier molecular flexibility index (Phi) is 3.68. The molecule has 0 saturated carbocycles. The second-order valence-corrected chi connectivity index (χ2v) is 7.01. The third-order valence-electron chi connectivity index (χ3n) is 5.16. The SMILES string of the molecule is Cn1nc2cc(-c3cc(F)c4nc(C5CCNCC5)cn4c3)cc(F)c2n1. The van der Waals surface area contributed by atoms with Crippen LogP contribution in [0.5, 0.6) is 0 Å². The van der Waals surface area contributed by atoms with Gasteiger partial charge in [0.05, 0.1) is 5.69 Å². The first-order valence-electron chi connectivity index (χ1n) is 8.98. The van der Waals surface area contributed by atoms with Gasteiger partial charge in [0, 0.05) is 30.9 Å². The smallest absolute Gasteiger partial charge is 0.173 e. The van der Waals surface area contributed by atoms with Gasteiger partial charge in [-0.25, -0.2) is 13.8 Å². The first kappa shape index (κ1) is 16.3. The van der Waals surface area contributed by atoms with Crippen molar-refractivity contribution in [3.05, 3.63) is 47.9 Å².